The van der Waals surface area contributed by atoms with Crippen LogP contribution in [-0.2, 0) is 14.8 Å². The predicted octanol–water partition coefficient (Wildman–Crippen LogP) is 3.52. The minimum absolute atomic E-state index is 0.271. The molecule has 0 aliphatic carbocycles. The monoisotopic (exact) mass is 476 g/mol. The Labute approximate surface area is 195 Å². The number of carbonyl (C=O) groups excluding carboxylic acids is 1. The van der Waals surface area contributed by atoms with Crippen molar-refractivity contribution in [3.63, 3.8) is 0 Å². The summed E-state index contributed by atoms with van der Waals surface area (Å²) < 4.78 is 42.9. The predicted molar refractivity (Wildman–Crippen MR) is 128 cm³/mol. The van der Waals surface area contributed by atoms with Crippen LogP contribution in [-0.4, -0.2) is 46.9 Å². The van der Waals surface area contributed by atoms with Gasteiger partial charge < -0.3 is 19.5 Å². The van der Waals surface area contributed by atoms with Gasteiger partial charge >= 0.3 is 0 Å². The largest absolute Gasteiger partial charge is 0.497 e. The first-order chi connectivity index (χ1) is 15.6. The minimum Gasteiger partial charge on any atom is -0.497 e. The second-order valence-electron chi connectivity index (χ2n) is 8.53. The highest BCUT2D eigenvalue weighted by Gasteiger charge is 2.31. The van der Waals surface area contributed by atoms with Gasteiger partial charge in [-0.25, -0.2) is 8.42 Å². The van der Waals surface area contributed by atoms with Gasteiger partial charge in [0, 0.05) is 6.07 Å². The standard InChI is InChI=1S/C24H32N2O6S/c1-16(2)14-21(18-6-9-20(30-4)10-7-18)25-24(27)17(3)26(33(5,28)29)19-8-11-22-23(15-19)32-13-12-31-22/h6-11,15-17,21H,12-14H2,1-5H3,(H,25,27)/t17-,21+/m0/s1. The highest BCUT2D eigenvalue weighted by Crippen LogP contribution is 2.35. The molecule has 1 aliphatic rings. The molecule has 3 rings (SSSR count). The Morgan fingerprint density at radius 2 is 1.70 bits per heavy atom. The van der Waals surface area contributed by atoms with Gasteiger partial charge in [0.2, 0.25) is 15.9 Å². The summed E-state index contributed by atoms with van der Waals surface area (Å²) in [5.41, 5.74) is 1.27. The molecule has 1 amide bonds. The summed E-state index contributed by atoms with van der Waals surface area (Å²) in [4.78, 5) is 13.3. The molecule has 0 radical (unpaired) electrons. The molecule has 1 N–H and O–H groups in total. The van der Waals surface area contributed by atoms with E-state index < -0.39 is 22.0 Å². The van der Waals surface area contributed by atoms with E-state index in [1.54, 1.807) is 32.2 Å². The van der Waals surface area contributed by atoms with Crippen molar-refractivity contribution in [2.24, 2.45) is 5.92 Å². The van der Waals surface area contributed by atoms with E-state index in [4.69, 9.17) is 14.2 Å². The number of carbonyl (C=O) groups is 1. The second-order valence-corrected chi connectivity index (χ2v) is 10.4. The third kappa shape index (κ3) is 6.10. The van der Waals surface area contributed by atoms with Crippen LogP contribution in [0.5, 0.6) is 17.2 Å². The molecular weight excluding hydrogens is 444 g/mol. The second kappa shape index (κ2) is 10.3. The molecule has 1 heterocycles. The van der Waals surface area contributed by atoms with Gasteiger partial charge in [-0.05, 0) is 49.1 Å². The molecule has 0 unspecified atom stereocenters. The SMILES string of the molecule is COc1ccc([C@@H](CC(C)C)NC(=O)[C@H](C)N(c2ccc3c(c2)OCCO3)S(C)(=O)=O)cc1. The molecule has 0 bridgehead atoms. The number of anilines is 1. The van der Waals surface area contributed by atoms with Gasteiger partial charge in [-0.15, -0.1) is 0 Å². The third-order valence-electron chi connectivity index (χ3n) is 5.41. The maximum atomic E-state index is 13.3. The van der Waals surface area contributed by atoms with Crippen LogP contribution in [0.4, 0.5) is 5.69 Å². The number of fused-ring (bicyclic) bond motifs is 1. The van der Waals surface area contributed by atoms with E-state index in [-0.39, 0.29) is 6.04 Å². The average molecular weight is 477 g/mol. The Morgan fingerprint density at radius 1 is 1.06 bits per heavy atom. The molecular formula is C24H32N2O6S. The highest BCUT2D eigenvalue weighted by atomic mass is 32.2. The van der Waals surface area contributed by atoms with Crippen molar-refractivity contribution < 1.29 is 27.4 Å². The van der Waals surface area contributed by atoms with Crippen LogP contribution in [0.3, 0.4) is 0 Å². The van der Waals surface area contributed by atoms with Crippen LogP contribution in [0.1, 0.15) is 38.8 Å². The summed E-state index contributed by atoms with van der Waals surface area (Å²) in [6, 6.07) is 11.1. The highest BCUT2D eigenvalue weighted by molar-refractivity contribution is 7.92. The molecule has 1 aliphatic heterocycles. The zero-order chi connectivity index (χ0) is 24.2. The van der Waals surface area contributed by atoms with Gasteiger partial charge in [-0.3, -0.25) is 9.10 Å². The lowest BCUT2D eigenvalue weighted by molar-refractivity contribution is -0.122. The van der Waals surface area contributed by atoms with Crippen LogP contribution < -0.4 is 23.8 Å². The summed E-state index contributed by atoms with van der Waals surface area (Å²) in [5.74, 6) is 1.65. The Hall–Kier alpha value is -2.94. The van der Waals surface area contributed by atoms with Crippen LogP contribution >= 0.6 is 0 Å². The number of hydrogen-bond acceptors (Lipinski definition) is 6. The quantitative estimate of drug-likeness (QED) is 0.595. The van der Waals surface area contributed by atoms with Crippen LogP contribution in [0, 0.1) is 5.92 Å². The number of nitrogens with one attached hydrogen (secondary N) is 1. The van der Waals surface area contributed by atoms with Gasteiger partial charge in [0.05, 0.1) is 25.1 Å². The van der Waals surface area contributed by atoms with Crippen LogP contribution in [0.2, 0.25) is 0 Å². The number of ether oxygens (including phenoxy) is 3. The van der Waals surface area contributed by atoms with E-state index >= 15 is 0 Å². The van der Waals surface area contributed by atoms with E-state index in [1.165, 1.54) is 0 Å². The molecule has 180 valence electrons. The molecule has 2 aromatic rings. The molecule has 33 heavy (non-hydrogen) atoms. The van der Waals surface area contributed by atoms with E-state index in [2.05, 4.69) is 19.2 Å². The van der Waals surface area contributed by atoms with E-state index in [0.717, 1.165) is 21.9 Å². The summed E-state index contributed by atoms with van der Waals surface area (Å²) >= 11 is 0. The number of methoxy groups -OCH3 is 1. The fourth-order valence-corrected chi connectivity index (χ4v) is 5.02. The van der Waals surface area contributed by atoms with Gasteiger partial charge in [0.1, 0.15) is 25.0 Å². The van der Waals surface area contributed by atoms with Crippen molar-refractivity contribution >= 4 is 21.6 Å². The lowest BCUT2D eigenvalue weighted by Gasteiger charge is -2.31. The number of amides is 1. The zero-order valence-corrected chi connectivity index (χ0v) is 20.5. The van der Waals surface area contributed by atoms with Crippen molar-refractivity contribution in [2.45, 2.75) is 39.3 Å². The third-order valence-corrected chi connectivity index (χ3v) is 6.65. The number of benzene rings is 2. The minimum atomic E-state index is -3.76. The van der Waals surface area contributed by atoms with Crippen molar-refractivity contribution in [2.75, 3.05) is 30.9 Å². The first-order valence-corrected chi connectivity index (χ1v) is 12.8. The molecule has 0 saturated carbocycles. The molecule has 8 nitrogen and oxygen atoms in total. The Morgan fingerprint density at radius 3 is 2.27 bits per heavy atom. The molecule has 2 atom stereocenters. The number of rotatable bonds is 9. The van der Waals surface area contributed by atoms with Gasteiger partial charge in [-0.1, -0.05) is 26.0 Å². The summed E-state index contributed by atoms with van der Waals surface area (Å²) in [6.07, 6.45) is 1.79. The molecule has 0 spiro atoms. The van der Waals surface area contributed by atoms with Crippen molar-refractivity contribution in [3.05, 3.63) is 48.0 Å². The Bertz CT molecular complexity index is 1070. The van der Waals surface area contributed by atoms with Crippen LogP contribution in [0.25, 0.3) is 0 Å². The summed E-state index contributed by atoms with van der Waals surface area (Å²) in [7, 11) is -2.16. The molecule has 0 saturated heterocycles. The lowest BCUT2D eigenvalue weighted by Crippen LogP contribution is -2.48. The zero-order valence-electron chi connectivity index (χ0n) is 19.7. The Kier molecular flexibility index (Phi) is 7.73. The van der Waals surface area contributed by atoms with Gasteiger partial charge in [-0.2, -0.15) is 0 Å². The summed E-state index contributed by atoms with van der Waals surface area (Å²) in [6.45, 7) is 6.54. The molecule has 9 heteroatoms. The van der Waals surface area contributed by atoms with E-state index in [9.17, 15) is 13.2 Å². The first-order valence-electron chi connectivity index (χ1n) is 10.9. The fraction of sp³-hybridized carbons (Fsp3) is 0.458. The lowest BCUT2D eigenvalue weighted by atomic mass is 9.96. The van der Waals surface area contributed by atoms with Gasteiger partial charge in [0.25, 0.3) is 0 Å². The Balaban J connectivity index is 1.87. The van der Waals surface area contributed by atoms with Crippen molar-refractivity contribution in [1.82, 2.24) is 5.32 Å². The summed E-state index contributed by atoms with van der Waals surface area (Å²) in [5, 5.41) is 3.04. The van der Waals surface area contributed by atoms with Crippen molar-refractivity contribution in [1.29, 1.82) is 0 Å². The maximum absolute atomic E-state index is 13.3. The topological polar surface area (TPSA) is 94.2 Å². The number of hydrogen-bond donors (Lipinski definition) is 1. The van der Waals surface area contributed by atoms with Crippen LogP contribution in [0.15, 0.2) is 42.5 Å². The van der Waals surface area contributed by atoms with E-state index in [1.807, 2.05) is 24.3 Å². The normalized spacial score (nSPS) is 15.0. The average Bonchev–Trinajstić information content (AvgIpc) is 2.77. The van der Waals surface area contributed by atoms with Gasteiger partial charge in [0.15, 0.2) is 11.5 Å². The molecule has 2 aromatic carbocycles. The maximum Gasteiger partial charge on any atom is 0.244 e. The first kappa shape index (κ1) is 24.7. The smallest absolute Gasteiger partial charge is 0.244 e. The number of sulfonamides is 1. The fourth-order valence-electron chi connectivity index (χ4n) is 3.86. The number of nitrogens with zero attached hydrogens (tertiary/aromatic N) is 1. The molecule has 0 aromatic heterocycles. The van der Waals surface area contributed by atoms with E-state index in [0.29, 0.717) is 42.7 Å². The molecule has 0 fully saturated rings. The van der Waals surface area contributed by atoms with Crippen molar-refractivity contribution in [3.8, 4) is 17.2 Å².